The van der Waals surface area contributed by atoms with Crippen LogP contribution in [0.25, 0.3) is 0 Å². The van der Waals surface area contributed by atoms with Crippen molar-refractivity contribution in [1.29, 1.82) is 0 Å². The van der Waals surface area contributed by atoms with Gasteiger partial charge < -0.3 is 15.4 Å². The number of benzene rings is 2. The van der Waals surface area contributed by atoms with Crippen molar-refractivity contribution in [2.45, 2.75) is 20.1 Å². The van der Waals surface area contributed by atoms with E-state index in [-0.39, 0.29) is 11.9 Å². The van der Waals surface area contributed by atoms with Crippen LogP contribution in [0, 0.1) is 0 Å². The lowest BCUT2D eigenvalue weighted by molar-refractivity contribution is 0.0954. The highest BCUT2D eigenvalue weighted by Crippen LogP contribution is 2.22. The fourth-order valence-corrected chi connectivity index (χ4v) is 3.49. The average Bonchev–Trinajstić information content (AvgIpc) is 3.20. The Labute approximate surface area is 173 Å². The Bertz CT molecular complexity index is 957. The number of nitrogens with one attached hydrogen (secondary N) is 3. The molecule has 0 atom stereocenters. The second kappa shape index (κ2) is 10.4. The van der Waals surface area contributed by atoms with Crippen LogP contribution in [-0.2, 0) is 17.9 Å². The quantitative estimate of drug-likeness (QED) is 0.497. The monoisotopic (exact) mass is 409 g/mol. The third-order valence-electron chi connectivity index (χ3n) is 4.12. The SMILES string of the molecule is CCOCc1ccccc1CNC(=O)c1ccc(NC(=O)Nc2ccccc2)s1. The summed E-state index contributed by atoms with van der Waals surface area (Å²) in [5, 5.41) is 9.01. The number of carbonyl (C=O) groups is 2. The molecule has 0 spiro atoms. The molecule has 0 aliphatic heterocycles. The van der Waals surface area contributed by atoms with Gasteiger partial charge in [-0.3, -0.25) is 10.1 Å². The highest BCUT2D eigenvalue weighted by molar-refractivity contribution is 7.18. The van der Waals surface area contributed by atoms with Crippen molar-refractivity contribution >= 4 is 34.0 Å². The number of amides is 3. The van der Waals surface area contributed by atoms with E-state index in [1.165, 1.54) is 11.3 Å². The average molecular weight is 410 g/mol. The third kappa shape index (κ3) is 6.17. The van der Waals surface area contributed by atoms with Gasteiger partial charge in [-0.1, -0.05) is 42.5 Å². The molecule has 1 aromatic heterocycles. The Morgan fingerprint density at radius 2 is 1.62 bits per heavy atom. The van der Waals surface area contributed by atoms with Crippen LogP contribution in [-0.4, -0.2) is 18.5 Å². The second-order valence-electron chi connectivity index (χ2n) is 6.20. The number of hydrogen-bond donors (Lipinski definition) is 3. The topological polar surface area (TPSA) is 79.5 Å². The van der Waals surface area contributed by atoms with Crippen LogP contribution in [0.5, 0.6) is 0 Å². The summed E-state index contributed by atoms with van der Waals surface area (Å²) in [6.45, 7) is 3.53. The standard InChI is InChI=1S/C22H23N3O3S/c1-2-28-15-17-9-7-6-8-16(17)14-23-21(26)19-12-13-20(29-19)25-22(27)24-18-10-4-3-5-11-18/h3-13H,2,14-15H2,1H3,(H,23,26)(H2,24,25,27). The molecule has 6 nitrogen and oxygen atoms in total. The van der Waals surface area contributed by atoms with Crippen LogP contribution < -0.4 is 16.0 Å². The van der Waals surface area contributed by atoms with Crippen LogP contribution >= 0.6 is 11.3 Å². The molecule has 150 valence electrons. The molecule has 3 rings (SSSR count). The van der Waals surface area contributed by atoms with Crippen molar-refractivity contribution in [2.24, 2.45) is 0 Å². The van der Waals surface area contributed by atoms with E-state index in [1.54, 1.807) is 24.3 Å². The summed E-state index contributed by atoms with van der Waals surface area (Å²) in [6, 6.07) is 20.1. The van der Waals surface area contributed by atoms with Crippen molar-refractivity contribution in [1.82, 2.24) is 5.32 Å². The summed E-state index contributed by atoms with van der Waals surface area (Å²) < 4.78 is 5.48. The van der Waals surface area contributed by atoms with Crippen molar-refractivity contribution in [3.05, 3.63) is 82.7 Å². The van der Waals surface area contributed by atoms with Gasteiger partial charge >= 0.3 is 6.03 Å². The molecule has 2 aromatic carbocycles. The van der Waals surface area contributed by atoms with Crippen LogP contribution in [0.2, 0.25) is 0 Å². The van der Waals surface area contributed by atoms with Crippen molar-refractivity contribution < 1.29 is 14.3 Å². The second-order valence-corrected chi connectivity index (χ2v) is 7.28. The van der Waals surface area contributed by atoms with Gasteiger partial charge in [0, 0.05) is 18.8 Å². The smallest absolute Gasteiger partial charge is 0.324 e. The number of thiophene rings is 1. The molecule has 0 unspecified atom stereocenters. The van der Waals surface area contributed by atoms with E-state index in [1.807, 2.05) is 49.4 Å². The lowest BCUT2D eigenvalue weighted by atomic mass is 10.1. The first-order valence-corrected chi connectivity index (χ1v) is 10.1. The molecular weight excluding hydrogens is 386 g/mol. The van der Waals surface area contributed by atoms with E-state index >= 15 is 0 Å². The molecule has 0 aliphatic carbocycles. The predicted molar refractivity (Wildman–Crippen MR) is 116 cm³/mol. The predicted octanol–water partition coefficient (Wildman–Crippen LogP) is 4.86. The number of anilines is 2. The van der Waals surface area contributed by atoms with Crippen LogP contribution in [0.15, 0.2) is 66.7 Å². The van der Waals surface area contributed by atoms with Gasteiger partial charge in [0.25, 0.3) is 5.91 Å². The van der Waals surface area contributed by atoms with Gasteiger partial charge in [-0.25, -0.2) is 4.79 Å². The molecule has 0 radical (unpaired) electrons. The number of para-hydroxylation sites is 1. The number of carbonyl (C=O) groups excluding carboxylic acids is 2. The molecule has 3 amide bonds. The highest BCUT2D eigenvalue weighted by atomic mass is 32.1. The van der Waals surface area contributed by atoms with Crippen LogP contribution in [0.1, 0.15) is 27.7 Å². The normalized spacial score (nSPS) is 10.4. The Kier molecular flexibility index (Phi) is 7.38. The summed E-state index contributed by atoms with van der Waals surface area (Å²) in [6.07, 6.45) is 0. The largest absolute Gasteiger partial charge is 0.377 e. The van der Waals surface area contributed by atoms with Gasteiger partial charge in [0.2, 0.25) is 0 Å². The lowest BCUT2D eigenvalue weighted by Crippen LogP contribution is -2.22. The first-order valence-electron chi connectivity index (χ1n) is 9.31. The Hall–Kier alpha value is -3.16. The Morgan fingerprint density at radius 3 is 2.38 bits per heavy atom. The Morgan fingerprint density at radius 1 is 0.897 bits per heavy atom. The van der Waals surface area contributed by atoms with Crippen LogP contribution in [0.3, 0.4) is 0 Å². The fraction of sp³-hybridized carbons (Fsp3) is 0.182. The molecular formula is C22H23N3O3S. The molecule has 29 heavy (non-hydrogen) atoms. The summed E-state index contributed by atoms with van der Waals surface area (Å²) in [4.78, 5) is 25.1. The van der Waals surface area contributed by atoms with Gasteiger partial charge in [-0.15, -0.1) is 11.3 Å². The molecule has 1 heterocycles. The van der Waals surface area contributed by atoms with E-state index < -0.39 is 0 Å². The van der Waals surface area contributed by atoms with Crippen molar-refractivity contribution in [3.63, 3.8) is 0 Å². The first kappa shape index (κ1) is 20.6. The Balaban J connectivity index is 1.54. The highest BCUT2D eigenvalue weighted by Gasteiger charge is 2.12. The fourth-order valence-electron chi connectivity index (χ4n) is 2.67. The zero-order chi connectivity index (χ0) is 20.5. The molecule has 7 heteroatoms. The number of hydrogen-bond acceptors (Lipinski definition) is 4. The third-order valence-corrected chi connectivity index (χ3v) is 5.12. The van der Waals surface area contributed by atoms with Gasteiger partial charge in [-0.2, -0.15) is 0 Å². The minimum Gasteiger partial charge on any atom is -0.377 e. The minimum atomic E-state index is -0.352. The van der Waals surface area contributed by atoms with Crippen molar-refractivity contribution in [2.75, 3.05) is 17.2 Å². The van der Waals surface area contributed by atoms with E-state index in [0.29, 0.717) is 35.3 Å². The van der Waals surface area contributed by atoms with Crippen LogP contribution in [0.4, 0.5) is 15.5 Å². The van der Waals surface area contributed by atoms with E-state index in [9.17, 15) is 9.59 Å². The number of urea groups is 1. The van der Waals surface area contributed by atoms with Gasteiger partial charge in [0.15, 0.2) is 0 Å². The van der Waals surface area contributed by atoms with Gasteiger partial charge in [0.1, 0.15) is 0 Å². The molecule has 0 saturated carbocycles. The van der Waals surface area contributed by atoms with E-state index in [2.05, 4.69) is 16.0 Å². The van der Waals surface area contributed by atoms with Gasteiger partial charge in [-0.05, 0) is 42.3 Å². The maximum absolute atomic E-state index is 12.5. The maximum atomic E-state index is 12.5. The molecule has 0 fully saturated rings. The molecule has 3 N–H and O–H groups in total. The summed E-state index contributed by atoms with van der Waals surface area (Å²) in [5.74, 6) is -0.183. The zero-order valence-corrected chi connectivity index (χ0v) is 16.9. The molecule has 0 bridgehead atoms. The molecule has 0 aliphatic rings. The summed E-state index contributed by atoms with van der Waals surface area (Å²) in [7, 11) is 0. The summed E-state index contributed by atoms with van der Waals surface area (Å²) >= 11 is 1.22. The first-order chi connectivity index (χ1) is 14.2. The summed E-state index contributed by atoms with van der Waals surface area (Å²) in [5.41, 5.74) is 2.78. The minimum absolute atomic E-state index is 0.183. The molecule has 0 saturated heterocycles. The number of rotatable bonds is 8. The molecule has 3 aromatic rings. The number of ether oxygens (including phenoxy) is 1. The lowest BCUT2D eigenvalue weighted by Gasteiger charge is -2.10. The van der Waals surface area contributed by atoms with E-state index in [4.69, 9.17) is 4.74 Å². The zero-order valence-electron chi connectivity index (χ0n) is 16.1. The van der Waals surface area contributed by atoms with Gasteiger partial charge in [0.05, 0.1) is 16.5 Å². The maximum Gasteiger partial charge on any atom is 0.324 e. The van der Waals surface area contributed by atoms with Crippen molar-refractivity contribution in [3.8, 4) is 0 Å². The van der Waals surface area contributed by atoms with E-state index in [0.717, 1.165) is 11.1 Å².